The van der Waals surface area contributed by atoms with Crippen molar-refractivity contribution in [1.29, 1.82) is 0 Å². The van der Waals surface area contributed by atoms with Crippen LogP contribution in [0.3, 0.4) is 0 Å². The van der Waals surface area contributed by atoms with Crippen LogP contribution < -0.4 is 5.32 Å². The number of nitrogens with one attached hydrogen (secondary N) is 1. The number of carbonyl (C=O) groups is 3. The van der Waals surface area contributed by atoms with Crippen molar-refractivity contribution in [3.63, 3.8) is 0 Å². The fourth-order valence-electron chi connectivity index (χ4n) is 4.06. The molecule has 5 rings (SSSR count). The molecule has 4 amide bonds. The van der Waals surface area contributed by atoms with Gasteiger partial charge in [0.1, 0.15) is 12.1 Å². The Bertz CT molecular complexity index is 1240. The van der Waals surface area contributed by atoms with Crippen LogP contribution in [-0.2, 0) is 15.1 Å². The van der Waals surface area contributed by atoms with E-state index in [1.807, 2.05) is 35.0 Å². The second-order valence-electron chi connectivity index (χ2n) is 7.95. The third kappa shape index (κ3) is 3.86. The summed E-state index contributed by atoms with van der Waals surface area (Å²) in [7, 11) is 0. The van der Waals surface area contributed by atoms with E-state index in [0.717, 1.165) is 20.4 Å². The summed E-state index contributed by atoms with van der Waals surface area (Å²) in [6.45, 7) is 1.23. The molecule has 3 aromatic rings. The number of nitrogens with zero attached hydrogens (tertiary/aromatic N) is 3. The van der Waals surface area contributed by atoms with Crippen molar-refractivity contribution in [2.24, 2.45) is 5.10 Å². The first kappa shape index (κ1) is 21.8. The van der Waals surface area contributed by atoms with Crippen LogP contribution in [0.5, 0.6) is 0 Å². The smallest absolute Gasteiger partial charge is 0.319 e. The minimum atomic E-state index is -1.27. The highest BCUT2D eigenvalue weighted by atomic mass is 35.5. The van der Waals surface area contributed by atoms with Gasteiger partial charge in [-0.1, -0.05) is 35.9 Å². The number of hydrogen-bond acceptors (Lipinski definition) is 6. The van der Waals surface area contributed by atoms with Gasteiger partial charge in [0.25, 0.3) is 11.8 Å². The molecule has 1 N–H and O–H groups in total. The molecule has 7 nitrogen and oxygen atoms in total. The van der Waals surface area contributed by atoms with E-state index < -0.39 is 29.9 Å². The predicted octanol–water partition coefficient (Wildman–Crippen LogP) is 4.61. The maximum absolute atomic E-state index is 13.3. The number of carbonyl (C=O) groups excluding carboxylic acids is 3. The summed E-state index contributed by atoms with van der Waals surface area (Å²) in [5.74, 6) is -0.902. The van der Waals surface area contributed by atoms with E-state index >= 15 is 0 Å². The summed E-state index contributed by atoms with van der Waals surface area (Å²) in [5, 5.41) is 13.2. The van der Waals surface area contributed by atoms with Crippen LogP contribution in [-0.4, -0.2) is 40.0 Å². The van der Waals surface area contributed by atoms with Gasteiger partial charge in [-0.05, 0) is 47.5 Å². The van der Waals surface area contributed by atoms with Gasteiger partial charge in [0.05, 0.1) is 16.6 Å². The van der Waals surface area contributed by atoms with Gasteiger partial charge in [-0.3, -0.25) is 14.5 Å². The largest absolute Gasteiger partial charge is 0.325 e. The third-order valence-corrected chi connectivity index (χ3v) is 7.98. The van der Waals surface area contributed by atoms with E-state index in [1.165, 1.54) is 5.01 Å². The highest BCUT2D eigenvalue weighted by Crippen LogP contribution is 2.36. The Morgan fingerprint density at radius 3 is 2.55 bits per heavy atom. The highest BCUT2D eigenvalue weighted by molar-refractivity contribution is 7.12. The molecule has 0 radical (unpaired) electrons. The maximum Gasteiger partial charge on any atom is 0.325 e. The zero-order valence-corrected chi connectivity index (χ0v) is 19.9. The zero-order chi connectivity index (χ0) is 23.2. The predicted molar refractivity (Wildman–Crippen MR) is 128 cm³/mol. The van der Waals surface area contributed by atoms with Crippen molar-refractivity contribution in [2.75, 3.05) is 6.54 Å². The number of hydrogen-bond donors (Lipinski definition) is 1. The van der Waals surface area contributed by atoms with Crippen molar-refractivity contribution in [1.82, 2.24) is 15.2 Å². The highest BCUT2D eigenvalue weighted by Gasteiger charge is 2.50. The van der Waals surface area contributed by atoms with Crippen molar-refractivity contribution in [3.8, 4) is 0 Å². The Labute approximate surface area is 203 Å². The van der Waals surface area contributed by atoms with E-state index in [2.05, 4.69) is 10.4 Å². The average molecular weight is 499 g/mol. The van der Waals surface area contributed by atoms with Gasteiger partial charge in [0.2, 0.25) is 0 Å². The quantitative estimate of drug-likeness (QED) is 0.521. The molecule has 1 saturated heterocycles. The van der Waals surface area contributed by atoms with Gasteiger partial charge in [-0.25, -0.2) is 9.80 Å². The first-order valence-corrected chi connectivity index (χ1v) is 12.4. The first-order chi connectivity index (χ1) is 15.9. The Kier molecular flexibility index (Phi) is 5.55. The Morgan fingerprint density at radius 2 is 1.88 bits per heavy atom. The molecule has 2 unspecified atom stereocenters. The SMILES string of the molecule is CC1(c2ccc(Cl)cc2)NC(=O)N(CC(=O)N2N=C(c3cccs3)CC2c2cccs2)C1=O. The fraction of sp³-hybridized carbons (Fsp3) is 0.217. The van der Waals surface area contributed by atoms with E-state index in [-0.39, 0.29) is 6.04 Å². The van der Waals surface area contributed by atoms with E-state index in [0.29, 0.717) is 17.0 Å². The molecule has 2 aromatic heterocycles. The summed E-state index contributed by atoms with van der Waals surface area (Å²) in [6, 6.07) is 13.6. The molecule has 2 atom stereocenters. The van der Waals surface area contributed by atoms with Gasteiger partial charge in [0, 0.05) is 16.3 Å². The summed E-state index contributed by atoms with van der Waals surface area (Å²) in [6.07, 6.45) is 0.579. The van der Waals surface area contributed by atoms with E-state index in [9.17, 15) is 14.4 Å². The Hall–Kier alpha value is -3.01. The van der Waals surface area contributed by atoms with Gasteiger partial charge >= 0.3 is 6.03 Å². The molecule has 2 aliphatic heterocycles. The van der Waals surface area contributed by atoms with Gasteiger partial charge in [-0.2, -0.15) is 5.10 Å². The number of urea groups is 1. The minimum Gasteiger partial charge on any atom is -0.319 e. The standard InChI is InChI=1S/C23H19ClN4O3S2/c1-23(14-6-8-15(24)9-7-14)21(30)27(22(31)25-23)13-20(29)28-17(19-5-3-11-33-19)12-16(26-28)18-4-2-10-32-18/h2-11,17H,12-13H2,1H3,(H,25,31). The van der Waals surface area contributed by atoms with Crippen LogP contribution in [0.25, 0.3) is 0 Å². The van der Waals surface area contributed by atoms with Crippen molar-refractivity contribution in [3.05, 3.63) is 79.6 Å². The van der Waals surface area contributed by atoms with Crippen LogP contribution in [0.4, 0.5) is 4.79 Å². The molecule has 0 spiro atoms. The third-order valence-electron chi connectivity index (χ3n) is 5.83. The lowest BCUT2D eigenvalue weighted by molar-refractivity contribution is -0.139. The van der Waals surface area contributed by atoms with Gasteiger partial charge in [-0.15, -0.1) is 22.7 Å². The number of hydrazone groups is 1. The van der Waals surface area contributed by atoms with Crippen molar-refractivity contribution < 1.29 is 14.4 Å². The molecule has 1 aromatic carbocycles. The van der Waals surface area contributed by atoms with Crippen molar-refractivity contribution in [2.45, 2.75) is 24.9 Å². The molecule has 0 bridgehead atoms. The van der Waals surface area contributed by atoms with E-state index in [4.69, 9.17) is 11.6 Å². The second-order valence-corrected chi connectivity index (χ2v) is 10.3. The van der Waals surface area contributed by atoms with Crippen LogP contribution in [0.1, 0.15) is 34.7 Å². The lowest BCUT2D eigenvalue weighted by atomic mass is 9.92. The number of rotatable bonds is 5. The summed E-state index contributed by atoms with van der Waals surface area (Å²) in [5.41, 5.74) is 0.140. The van der Waals surface area contributed by atoms with Gasteiger partial charge < -0.3 is 5.32 Å². The normalized spacial score (nSPS) is 22.6. The Balaban J connectivity index is 1.40. The number of benzene rings is 1. The lowest BCUT2D eigenvalue weighted by Crippen LogP contribution is -2.43. The van der Waals surface area contributed by atoms with Crippen LogP contribution in [0, 0.1) is 0 Å². The molecular formula is C23H19ClN4O3S2. The molecule has 0 aliphatic carbocycles. The van der Waals surface area contributed by atoms with Crippen LogP contribution >= 0.6 is 34.3 Å². The summed E-state index contributed by atoms with van der Waals surface area (Å²) < 4.78 is 0. The molecule has 0 saturated carbocycles. The molecule has 1 fully saturated rings. The van der Waals surface area contributed by atoms with Gasteiger partial charge in [0.15, 0.2) is 0 Å². The molecule has 168 valence electrons. The molecular weight excluding hydrogens is 480 g/mol. The van der Waals surface area contributed by atoms with E-state index in [1.54, 1.807) is 53.9 Å². The summed E-state index contributed by atoms with van der Waals surface area (Å²) >= 11 is 9.07. The number of halogens is 1. The minimum absolute atomic E-state index is 0.266. The van der Waals surface area contributed by atoms with Crippen LogP contribution in [0.15, 0.2) is 64.4 Å². The number of imide groups is 1. The maximum atomic E-state index is 13.3. The second kappa shape index (κ2) is 8.40. The number of thiophene rings is 2. The first-order valence-electron chi connectivity index (χ1n) is 10.2. The lowest BCUT2D eigenvalue weighted by Gasteiger charge is -2.24. The topological polar surface area (TPSA) is 82.1 Å². The van der Waals surface area contributed by atoms with Crippen molar-refractivity contribution >= 4 is 57.8 Å². The molecule has 33 heavy (non-hydrogen) atoms. The monoisotopic (exact) mass is 498 g/mol. The Morgan fingerprint density at radius 1 is 1.15 bits per heavy atom. The zero-order valence-electron chi connectivity index (χ0n) is 17.5. The molecule has 2 aliphatic rings. The average Bonchev–Trinajstić information content (AvgIpc) is 3.58. The summed E-state index contributed by atoms with van der Waals surface area (Å²) in [4.78, 5) is 42.3. The molecule has 4 heterocycles. The number of amides is 4. The fourth-order valence-corrected chi connectivity index (χ4v) is 5.72. The molecule has 10 heteroatoms. The van der Waals surface area contributed by atoms with Crippen LogP contribution in [0.2, 0.25) is 5.02 Å².